The number of nitrogens with zero attached hydrogens (tertiary/aromatic N) is 2. The first-order valence-electron chi connectivity index (χ1n) is 22.2. The van der Waals surface area contributed by atoms with Crippen LogP contribution >= 0.6 is 0 Å². The second-order valence-electron chi connectivity index (χ2n) is 16.8. The van der Waals surface area contributed by atoms with E-state index < -0.39 is 0 Å². The molecule has 0 atom stereocenters. The Kier molecular flexibility index (Phi) is 8.53. The predicted octanol–water partition coefficient (Wildman–Crippen LogP) is 17.4. The number of hydrogen-bond acceptors (Lipinski definition) is 2. The van der Waals surface area contributed by atoms with Gasteiger partial charge in [0.15, 0.2) is 0 Å². The van der Waals surface area contributed by atoms with Crippen molar-refractivity contribution in [3.8, 4) is 44.6 Å². The zero-order valence-electron chi connectivity index (χ0n) is 35.4. The Morgan fingerprint density at radius 1 is 0.308 bits per heavy atom. The van der Waals surface area contributed by atoms with Gasteiger partial charge in [0.05, 0.1) is 16.7 Å². The minimum Gasteiger partial charge on any atom is -0.456 e. The first-order valence-corrected chi connectivity index (χ1v) is 22.2. The van der Waals surface area contributed by atoms with E-state index in [-0.39, 0.29) is 0 Å². The molecule has 3 heterocycles. The van der Waals surface area contributed by atoms with Gasteiger partial charge in [-0.1, -0.05) is 182 Å². The molecule has 13 rings (SSSR count). The van der Waals surface area contributed by atoms with Gasteiger partial charge in [0, 0.05) is 50.2 Å². The van der Waals surface area contributed by atoms with Crippen LogP contribution in [0.15, 0.2) is 247 Å². The van der Waals surface area contributed by atoms with Crippen molar-refractivity contribution in [2.24, 2.45) is 0 Å². The lowest BCUT2D eigenvalue weighted by Crippen LogP contribution is -2.10. The summed E-state index contributed by atoms with van der Waals surface area (Å²) in [5.74, 6) is 0. The van der Waals surface area contributed by atoms with Crippen LogP contribution in [0.5, 0.6) is 0 Å². The topological polar surface area (TPSA) is 20.8 Å². The predicted molar refractivity (Wildman–Crippen MR) is 274 cm³/mol. The maximum atomic E-state index is 6.43. The molecule has 0 unspecified atom stereocenters. The van der Waals surface area contributed by atoms with Crippen LogP contribution in [0.4, 0.5) is 17.1 Å². The Hall–Kier alpha value is -8.66. The molecule has 3 aromatic heterocycles. The molecule has 0 saturated carbocycles. The second kappa shape index (κ2) is 15.0. The quantitative estimate of drug-likeness (QED) is 0.149. The summed E-state index contributed by atoms with van der Waals surface area (Å²) in [4.78, 5) is 2.34. The molecular formula is C62H40N2O. The third kappa shape index (κ3) is 6.05. The summed E-state index contributed by atoms with van der Waals surface area (Å²) in [6, 6.07) is 87.6. The minimum atomic E-state index is 0.863. The lowest BCUT2D eigenvalue weighted by atomic mass is 9.94. The molecule has 0 radical (unpaired) electrons. The highest BCUT2D eigenvalue weighted by Gasteiger charge is 2.22. The van der Waals surface area contributed by atoms with Gasteiger partial charge in [0.1, 0.15) is 11.2 Å². The highest BCUT2D eigenvalue weighted by atomic mass is 16.3. The zero-order valence-corrected chi connectivity index (χ0v) is 35.4. The maximum absolute atomic E-state index is 6.43. The van der Waals surface area contributed by atoms with Crippen molar-refractivity contribution in [2.75, 3.05) is 4.90 Å². The molecule has 3 heteroatoms. The summed E-state index contributed by atoms with van der Waals surface area (Å²) in [6.45, 7) is 0. The molecule has 0 aliphatic carbocycles. The zero-order chi connectivity index (χ0) is 42.8. The summed E-state index contributed by atoms with van der Waals surface area (Å²) in [5.41, 5.74) is 16.7. The monoisotopic (exact) mass is 828 g/mol. The fourth-order valence-electron chi connectivity index (χ4n) is 10.2. The van der Waals surface area contributed by atoms with Gasteiger partial charge in [-0.05, 0) is 104 Å². The number of furan rings is 1. The first kappa shape index (κ1) is 36.9. The van der Waals surface area contributed by atoms with Crippen molar-refractivity contribution in [3.63, 3.8) is 0 Å². The Bertz CT molecular complexity index is 3940. The van der Waals surface area contributed by atoms with E-state index in [4.69, 9.17) is 4.42 Å². The number of hydrogen-bond donors (Lipinski definition) is 0. The smallest absolute Gasteiger partial charge is 0.137 e. The normalized spacial score (nSPS) is 11.7. The first-order chi connectivity index (χ1) is 32.2. The van der Waals surface area contributed by atoms with E-state index in [9.17, 15) is 0 Å². The maximum Gasteiger partial charge on any atom is 0.137 e. The van der Waals surface area contributed by atoms with Crippen molar-refractivity contribution in [1.29, 1.82) is 0 Å². The molecule has 13 aromatic rings. The molecule has 0 N–H and O–H groups in total. The largest absolute Gasteiger partial charge is 0.456 e. The SMILES string of the molecule is c1ccc(-c2cccc(N(c3cccc(-c4ccc(-c5cccc6c(-c7ccccc7)c7c8ccccc8c8ccccc8c7n56)cc4)c3)c3ccc4c(c3)oc3ccccc34)c2)cc1. The van der Waals surface area contributed by atoms with Crippen LogP contribution in [0.25, 0.3) is 105 Å². The highest BCUT2D eigenvalue weighted by Crippen LogP contribution is 2.46. The van der Waals surface area contributed by atoms with Crippen LogP contribution in [-0.2, 0) is 0 Å². The molecule has 304 valence electrons. The van der Waals surface area contributed by atoms with Gasteiger partial charge in [-0.3, -0.25) is 0 Å². The molecule has 3 nitrogen and oxygen atoms in total. The number of fused-ring (bicyclic) bond motifs is 11. The van der Waals surface area contributed by atoms with Crippen LogP contribution < -0.4 is 4.90 Å². The van der Waals surface area contributed by atoms with Crippen LogP contribution in [0.1, 0.15) is 0 Å². The molecule has 0 amide bonds. The lowest BCUT2D eigenvalue weighted by molar-refractivity contribution is 0.669. The Morgan fingerprint density at radius 2 is 0.815 bits per heavy atom. The number of aromatic nitrogens is 1. The van der Waals surface area contributed by atoms with E-state index in [1.165, 1.54) is 54.7 Å². The lowest BCUT2D eigenvalue weighted by Gasteiger charge is -2.26. The third-order valence-corrected chi connectivity index (χ3v) is 13.1. The molecule has 0 bridgehead atoms. The number of rotatable bonds is 7. The van der Waals surface area contributed by atoms with Gasteiger partial charge >= 0.3 is 0 Å². The summed E-state index contributed by atoms with van der Waals surface area (Å²) >= 11 is 0. The highest BCUT2D eigenvalue weighted by molar-refractivity contribution is 6.30. The van der Waals surface area contributed by atoms with Gasteiger partial charge in [-0.25, -0.2) is 0 Å². The van der Waals surface area contributed by atoms with E-state index >= 15 is 0 Å². The van der Waals surface area contributed by atoms with Gasteiger partial charge in [-0.2, -0.15) is 0 Å². The van der Waals surface area contributed by atoms with Crippen LogP contribution in [0, 0.1) is 0 Å². The number of benzene rings is 10. The molecule has 0 saturated heterocycles. The van der Waals surface area contributed by atoms with Crippen molar-refractivity contribution < 1.29 is 4.42 Å². The molecule has 10 aromatic carbocycles. The van der Waals surface area contributed by atoms with E-state index in [0.29, 0.717) is 0 Å². The van der Waals surface area contributed by atoms with Crippen LogP contribution in [0.3, 0.4) is 0 Å². The minimum absolute atomic E-state index is 0.863. The van der Waals surface area contributed by atoms with Crippen molar-refractivity contribution >= 4 is 77.0 Å². The fourth-order valence-corrected chi connectivity index (χ4v) is 10.2. The van der Waals surface area contributed by atoms with Crippen molar-refractivity contribution in [1.82, 2.24) is 4.40 Å². The van der Waals surface area contributed by atoms with E-state index in [1.54, 1.807) is 0 Å². The Labute approximate surface area is 376 Å². The molecule has 0 aliphatic rings. The van der Waals surface area contributed by atoms with Gasteiger partial charge in [0.2, 0.25) is 0 Å². The van der Waals surface area contributed by atoms with E-state index in [0.717, 1.165) is 66.9 Å². The van der Waals surface area contributed by atoms with E-state index in [1.807, 2.05) is 12.1 Å². The van der Waals surface area contributed by atoms with Crippen molar-refractivity contribution in [3.05, 3.63) is 243 Å². The number of pyridine rings is 1. The molecule has 65 heavy (non-hydrogen) atoms. The summed E-state index contributed by atoms with van der Waals surface area (Å²) in [7, 11) is 0. The number of para-hydroxylation sites is 1. The average molecular weight is 829 g/mol. The van der Waals surface area contributed by atoms with Crippen LogP contribution in [-0.4, -0.2) is 4.40 Å². The summed E-state index contributed by atoms with van der Waals surface area (Å²) < 4.78 is 8.94. The van der Waals surface area contributed by atoms with Gasteiger partial charge < -0.3 is 13.7 Å². The summed E-state index contributed by atoms with van der Waals surface area (Å²) in [6.07, 6.45) is 0. The average Bonchev–Trinajstić information content (AvgIpc) is 3.94. The molecule has 0 aliphatic heterocycles. The van der Waals surface area contributed by atoms with Crippen LogP contribution in [0.2, 0.25) is 0 Å². The number of anilines is 3. The molecule has 0 fully saturated rings. The molecule has 0 spiro atoms. The second-order valence-corrected chi connectivity index (χ2v) is 16.8. The molecular weight excluding hydrogens is 789 g/mol. The third-order valence-electron chi connectivity index (χ3n) is 13.1. The van der Waals surface area contributed by atoms with Gasteiger partial charge in [-0.15, -0.1) is 0 Å². The Balaban J connectivity index is 0.954. The van der Waals surface area contributed by atoms with E-state index in [2.05, 4.69) is 240 Å². The Morgan fingerprint density at radius 3 is 1.52 bits per heavy atom. The van der Waals surface area contributed by atoms with Crippen molar-refractivity contribution in [2.45, 2.75) is 0 Å². The standard InChI is InChI=1S/C62H40N2O/c1-3-16-41(17-4-1)45-20-13-22-47(38-45)63(49-36-37-53-52-26-11-12-31-58(52)65-59(53)40-49)48-23-14-21-46(39-48)42-32-34-43(35-33-42)56-29-15-30-57-60(44-18-5-2-6-19-44)61-54-27-9-7-24-50(54)51-25-8-10-28-55(51)62(61)64(56)57/h1-40H. The summed E-state index contributed by atoms with van der Waals surface area (Å²) in [5, 5.41) is 8.56. The van der Waals surface area contributed by atoms with Gasteiger partial charge in [0.25, 0.3) is 0 Å². The fraction of sp³-hybridized carbons (Fsp3) is 0.